The molecule has 26 heavy (non-hydrogen) atoms. The predicted octanol–water partition coefficient (Wildman–Crippen LogP) is 3.21. The second-order valence-electron chi connectivity index (χ2n) is 7.01. The van der Waals surface area contributed by atoms with Gasteiger partial charge in [0.1, 0.15) is 11.6 Å². The van der Waals surface area contributed by atoms with E-state index in [9.17, 15) is 9.90 Å². The highest BCUT2D eigenvalue weighted by Crippen LogP contribution is 2.25. The third kappa shape index (κ3) is 3.08. The Kier molecular flexibility index (Phi) is 4.42. The number of aliphatic hydroxyl groups excluding tert-OH is 1. The number of hydrogen-bond donors (Lipinski definition) is 1. The Balaban J connectivity index is 1.60. The van der Waals surface area contributed by atoms with Crippen molar-refractivity contribution in [2.24, 2.45) is 5.92 Å². The van der Waals surface area contributed by atoms with Crippen molar-refractivity contribution in [1.82, 2.24) is 19.9 Å². The number of aromatic nitrogens is 3. The molecule has 1 N–H and O–H groups in total. The van der Waals surface area contributed by atoms with Gasteiger partial charge in [0.15, 0.2) is 0 Å². The van der Waals surface area contributed by atoms with Crippen LogP contribution in [0.4, 0.5) is 4.79 Å². The number of hydrogen-bond acceptors (Lipinski definition) is 4. The minimum Gasteiger partial charge on any atom is -0.384 e. The van der Waals surface area contributed by atoms with E-state index in [-0.39, 0.29) is 6.03 Å². The van der Waals surface area contributed by atoms with Gasteiger partial charge in [0.25, 0.3) is 0 Å². The molecule has 0 aliphatic carbocycles. The number of carbonyl (C=O) groups excluding carboxylic acids is 1. The number of aliphatic hydroxyl groups is 1. The fourth-order valence-corrected chi connectivity index (χ4v) is 3.41. The van der Waals surface area contributed by atoms with Gasteiger partial charge >= 0.3 is 6.03 Å². The Hall–Kier alpha value is -2.73. The molecule has 3 aromatic rings. The maximum absolute atomic E-state index is 12.8. The lowest BCUT2D eigenvalue weighted by atomic mass is 10.00. The van der Waals surface area contributed by atoms with Crippen LogP contribution in [0.1, 0.15) is 37.0 Å². The van der Waals surface area contributed by atoms with Gasteiger partial charge in [-0.15, -0.1) is 5.10 Å². The molecule has 6 nitrogen and oxygen atoms in total. The molecular formula is C20H22N4O2. The monoisotopic (exact) mass is 350 g/mol. The molecule has 1 aliphatic rings. The minimum absolute atomic E-state index is 0.129. The summed E-state index contributed by atoms with van der Waals surface area (Å²) in [5.41, 5.74) is 2.82. The zero-order chi connectivity index (χ0) is 18.1. The summed E-state index contributed by atoms with van der Waals surface area (Å²) in [6.07, 6.45) is 1.31. The van der Waals surface area contributed by atoms with Gasteiger partial charge in [-0.2, -0.15) is 4.68 Å². The van der Waals surface area contributed by atoms with Crippen LogP contribution in [0.2, 0.25) is 0 Å². The third-order valence-electron chi connectivity index (χ3n) is 5.14. The smallest absolute Gasteiger partial charge is 0.346 e. The van der Waals surface area contributed by atoms with Crippen LogP contribution in [-0.2, 0) is 0 Å². The van der Waals surface area contributed by atoms with E-state index in [2.05, 4.69) is 17.2 Å². The van der Waals surface area contributed by atoms with Gasteiger partial charge in [0.05, 0.1) is 5.52 Å². The average molecular weight is 350 g/mol. The van der Waals surface area contributed by atoms with E-state index >= 15 is 0 Å². The van der Waals surface area contributed by atoms with Crippen LogP contribution in [0, 0.1) is 5.92 Å². The van der Waals surface area contributed by atoms with Gasteiger partial charge in [0.2, 0.25) is 0 Å². The zero-order valence-corrected chi connectivity index (χ0v) is 14.7. The van der Waals surface area contributed by atoms with Crippen molar-refractivity contribution in [1.29, 1.82) is 0 Å². The molecule has 0 saturated carbocycles. The van der Waals surface area contributed by atoms with Crippen LogP contribution >= 0.6 is 0 Å². The highest BCUT2D eigenvalue weighted by Gasteiger charge is 2.24. The molecule has 2 aromatic carbocycles. The van der Waals surface area contributed by atoms with E-state index in [0.29, 0.717) is 17.0 Å². The zero-order valence-electron chi connectivity index (χ0n) is 14.7. The second-order valence-corrected chi connectivity index (χ2v) is 7.01. The molecule has 2 heterocycles. The Morgan fingerprint density at radius 3 is 2.58 bits per heavy atom. The highest BCUT2D eigenvalue weighted by molar-refractivity contribution is 5.88. The average Bonchev–Trinajstić information content (AvgIpc) is 3.11. The lowest BCUT2D eigenvalue weighted by molar-refractivity contribution is 0.173. The fourth-order valence-electron chi connectivity index (χ4n) is 3.41. The van der Waals surface area contributed by atoms with Crippen molar-refractivity contribution >= 4 is 17.1 Å². The number of likely N-dealkylation sites (tertiary alicyclic amines) is 1. The maximum atomic E-state index is 12.8. The number of carbonyl (C=O) groups is 1. The molecule has 0 spiro atoms. The van der Waals surface area contributed by atoms with Gasteiger partial charge in [0, 0.05) is 13.1 Å². The van der Waals surface area contributed by atoms with Gasteiger partial charge < -0.3 is 10.0 Å². The van der Waals surface area contributed by atoms with Gasteiger partial charge in [-0.05, 0) is 42.0 Å². The summed E-state index contributed by atoms with van der Waals surface area (Å²) in [5.74, 6) is 0.661. The van der Waals surface area contributed by atoms with Crippen LogP contribution in [0.25, 0.3) is 11.0 Å². The standard InChI is InChI=1S/C20H22N4O2/c1-14-9-11-23(12-10-14)20(26)24-18-8-7-16(13-17(18)21-22-24)19(25)15-5-3-2-4-6-15/h2-8,13-14,19,25H,9-12H2,1H3. The number of rotatable bonds is 2. The summed E-state index contributed by atoms with van der Waals surface area (Å²) >= 11 is 0. The van der Waals surface area contributed by atoms with Crippen LogP contribution in [0.5, 0.6) is 0 Å². The van der Waals surface area contributed by atoms with Crippen molar-refractivity contribution in [3.8, 4) is 0 Å². The van der Waals surface area contributed by atoms with E-state index in [1.165, 1.54) is 4.68 Å². The maximum Gasteiger partial charge on any atom is 0.346 e. The van der Waals surface area contributed by atoms with E-state index in [0.717, 1.165) is 37.1 Å². The Morgan fingerprint density at radius 1 is 1.12 bits per heavy atom. The largest absolute Gasteiger partial charge is 0.384 e. The van der Waals surface area contributed by atoms with E-state index in [1.807, 2.05) is 41.3 Å². The number of nitrogens with zero attached hydrogens (tertiary/aromatic N) is 4. The Morgan fingerprint density at radius 2 is 1.85 bits per heavy atom. The van der Waals surface area contributed by atoms with Crippen molar-refractivity contribution in [2.45, 2.75) is 25.9 Å². The first kappa shape index (κ1) is 16.7. The summed E-state index contributed by atoms with van der Waals surface area (Å²) in [6.45, 7) is 3.73. The lowest BCUT2D eigenvalue weighted by Gasteiger charge is -2.29. The summed E-state index contributed by atoms with van der Waals surface area (Å²) in [7, 11) is 0. The molecule has 1 atom stereocenters. The molecule has 1 fully saturated rings. The topological polar surface area (TPSA) is 71.2 Å². The number of benzene rings is 2. The summed E-state index contributed by atoms with van der Waals surface area (Å²) in [4.78, 5) is 14.6. The predicted molar refractivity (Wildman–Crippen MR) is 98.8 cm³/mol. The van der Waals surface area contributed by atoms with Crippen molar-refractivity contribution in [2.75, 3.05) is 13.1 Å². The molecule has 6 heteroatoms. The third-order valence-corrected chi connectivity index (χ3v) is 5.14. The van der Waals surface area contributed by atoms with Crippen molar-refractivity contribution in [3.05, 3.63) is 59.7 Å². The second kappa shape index (κ2) is 6.88. The molecule has 0 bridgehead atoms. The fraction of sp³-hybridized carbons (Fsp3) is 0.350. The number of amides is 1. The molecule has 1 aliphatic heterocycles. The molecular weight excluding hydrogens is 328 g/mol. The SMILES string of the molecule is CC1CCN(C(=O)n2nnc3cc(C(O)c4ccccc4)ccc32)CC1. The molecule has 1 saturated heterocycles. The van der Waals surface area contributed by atoms with E-state index in [4.69, 9.17) is 0 Å². The minimum atomic E-state index is -0.731. The molecule has 4 rings (SSSR count). The molecule has 1 aromatic heterocycles. The van der Waals surface area contributed by atoms with Crippen LogP contribution in [-0.4, -0.2) is 44.1 Å². The molecule has 134 valence electrons. The normalized spacial score (nSPS) is 16.8. The quantitative estimate of drug-likeness (QED) is 0.770. The first-order chi connectivity index (χ1) is 12.6. The lowest BCUT2D eigenvalue weighted by Crippen LogP contribution is -2.40. The van der Waals surface area contributed by atoms with Crippen LogP contribution < -0.4 is 0 Å². The molecule has 0 radical (unpaired) electrons. The van der Waals surface area contributed by atoms with Gasteiger partial charge in [-0.3, -0.25) is 0 Å². The molecule has 1 amide bonds. The summed E-state index contributed by atoms with van der Waals surface area (Å²) in [6, 6.07) is 14.8. The van der Waals surface area contributed by atoms with Gasteiger partial charge in [-0.1, -0.05) is 48.5 Å². The Labute approximate surface area is 152 Å². The van der Waals surface area contributed by atoms with Crippen LogP contribution in [0.3, 0.4) is 0 Å². The Bertz CT molecular complexity index is 914. The summed E-state index contributed by atoms with van der Waals surface area (Å²) in [5, 5.41) is 18.8. The first-order valence-corrected chi connectivity index (χ1v) is 9.01. The number of piperidine rings is 1. The number of fused-ring (bicyclic) bond motifs is 1. The van der Waals surface area contributed by atoms with E-state index in [1.54, 1.807) is 12.1 Å². The highest BCUT2D eigenvalue weighted by atomic mass is 16.3. The van der Waals surface area contributed by atoms with E-state index < -0.39 is 6.10 Å². The van der Waals surface area contributed by atoms with Crippen molar-refractivity contribution < 1.29 is 9.90 Å². The van der Waals surface area contributed by atoms with Crippen molar-refractivity contribution in [3.63, 3.8) is 0 Å². The molecule has 1 unspecified atom stereocenters. The summed E-state index contributed by atoms with van der Waals surface area (Å²) < 4.78 is 1.37. The van der Waals surface area contributed by atoms with Crippen LogP contribution in [0.15, 0.2) is 48.5 Å². The first-order valence-electron chi connectivity index (χ1n) is 9.01. The van der Waals surface area contributed by atoms with Gasteiger partial charge in [-0.25, -0.2) is 4.79 Å².